The highest BCUT2D eigenvalue weighted by Gasteiger charge is 2.19. The molecule has 0 atom stereocenters. The number of nitro groups is 1. The Kier molecular flexibility index (Phi) is 6.96. The smallest absolute Gasteiger partial charge is 0.320 e. The lowest BCUT2D eigenvalue weighted by Crippen LogP contribution is -2.35. The van der Waals surface area contributed by atoms with Crippen LogP contribution in [0.2, 0.25) is 0 Å². The largest absolute Gasteiger partial charge is 0.459 e. The number of esters is 1. The first kappa shape index (κ1) is 18.6. The van der Waals surface area contributed by atoms with Crippen LogP contribution in [0.3, 0.4) is 0 Å². The zero-order valence-electron chi connectivity index (χ0n) is 13.0. The number of nitrogens with zero attached hydrogens (tertiary/aromatic N) is 2. The second kappa shape index (κ2) is 8.24. The number of rotatable bonds is 7. The molecule has 0 radical (unpaired) electrons. The molecule has 0 bridgehead atoms. The number of nitro benzene ring substituents is 1. The molecule has 0 aromatic heterocycles. The fourth-order valence-corrected chi connectivity index (χ4v) is 2.37. The van der Waals surface area contributed by atoms with Crippen LogP contribution in [-0.4, -0.2) is 39.8 Å². The highest BCUT2D eigenvalue weighted by molar-refractivity contribution is 9.09. The predicted molar refractivity (Wildman–Crippen MR) is 88.0 cm³/mol. The molecule has 0 heterocycles. The van der Waals surface area contributed by atoms with Gasteiger partial charge in [-0.1, -0.05) is 28.1 Å². The second-order valence-electron chi connectivity index (χ2n) is 5.91. The van der Waals surface area contributed by atoms with Crippen LogP contribution in [-0.2, 0) is 16.1 Å². The number of benzene rings is 1. The molecule has 122 valence electrons. The van der Waals surface area contributed by atoms with Crippen LogP contribution in [0, 0.1) is 10.1 Å². The average Bonchev–Trinajstić information content (AvgIpc) is 2.37. The van der Waals surface area contributed by atoms with Crippen molar-refractivity contribution in [2.75, 3.05) is 18.4 Å². The Balaban J connectivity index is 2.67. The van der Waals surface area contributed by atoms with Crippen LogP contribution in [0.25, 0.3) is 0 Å². The molecule has 0 N–H and O–H groups in total. The maximum atomic E-state index is 11.9. The van der Waals surface area contributed by atoms with Crippen molar-refractivity contribution in [2.45, 2.75) is 32.9 Å². The summed E-state index contributed by atoms with van der Waals surface area (Å²) in [6.45, 7) is 6.88. The van der Waals surface area contributed by atoms with E-state index in [4.69, 9.17) is 4.74 Å². The summed E-state index contributed by atoms with van der Waals surface area (Å²) in [4.78, 5) is 24.1. The van der Waals surface area contributed by atoms with Crippen molar-refractivity contribution in [3.8, 4) is 0 Å². The maximum absolute atomic E-state index is 11.9. The first-order valence-electron chi connectivity index (χ1n) is 6.95. The molecular weight excluding hydrogens is 352 g/mol. The van der Waals surface area contributed by atoms with Crippen molar-refractivity contribution in [3.63, 3.8) is 0 Å². The van der Waals surface area contributed by atoms with Gasteiger partial charge in [-0.2, -0.15) is 0 Å². The van der Waals surface area contributed by atoms with Crippen molar-refractivity contribution in [2.24, 2.45) is 0 Å². The fourth-order valence-electron chi connectivity index (χ4n) is 1.87. The monoisotopic (exact) mass is 372 g/mol. The summed E-state index contributed by atoms with van der Waals surface area (Å²) in [6, 6.07) is 6.34. The third kappa shape index (κ3) is 7.00. The number of hydrogen-bond donors (Lipinski definition) is 0. The third-order valence-corrected chi connectivity index (χ3v) is 3.08. The van der Waals surface area contributed by atoms with Gasteiger partial charge in [0.1, 0.15) is 5.60 Å². The molecule has 6 nitrogen and oxygen atoms in total. The van der Waals surface area contributed by atoms with Crippen molar-refractivity contribution >= 4 is 27.6 Å². The van der Waals surface area contributed by atoms with Gasteiger partial charge in [0.25, 0.3) is 5.69 Å². The summed E-state index contributed by atoms with van der Waals surface area (Å²) < 4.78 is 5.32. The summed E-state index contributed by atoms with van der Waals surface area (Å²) in [6.07, 6.45) is 0. The molecule has 1 aromatic rings. The van der Waals surface area contributed by atoms with Crippen molar-refractivity contribution in [1.82, 2.24) is 4.90 Å². The molecule has 0 aliphatic carbocycles. The van der Waals surface area contributed by atoms with Gasteiger partial charge in [-0.05, 0) is 26.3 Å². The summed E-state index contributed by atoms with van der Waals surface area (Å²) >= 11 is 3.36. The summed E-state index contributed by atoms with van der Waals surface area (Å²) in [5, 5.41) is 11.4. The van der Waals surface area contributed by atoms with Gasteiger partial charge in [0, 0.05) is 30.6 Å². The van der Waals surface area contributed by atoms with Crippen molar-refractivity contribution < 1.29 is 14.5 Å². The minimum Gasteiger partial charge on any atom is -0.459 e. The summed E-state index contributed by atoms with van der Waals surface area (Å²) in [7, 11) is 0. The quantitative estimate of drug-likeness (QED) is 0.318. The minimum atomic E-state index is -0.509. The lowest BCUT2D eigenvalue weighted by Gasteiger charge is -2.24. The predicted octanol–water partition coefficient (Wildman–Crippen LogP) is 3.13. The number of alkyl halides is 1. The third-order valence-electron chi connectivity index (χ3n) is 2.73. The normalized spacial score (nSPS) is 11.5. The lowest BCUT2D eigenvalue weighted by atomic mass is 10.2. The molecule has 1 aromatic carbocycles. The van der Waals surface area contributed by atoms with E-state index in [1.807, 2.05) is 25.7 Å². The average molecular weight is 373 g/mol. The van der Waals surface area contributed by atoms with Crippen LogP contribution in [0.5, 0.6) is 0 Å². The lowest BCUT2D eigenvalue weighted by molar-refractivity contribution is -0.384. The minimum absolute atomic E-state index is 0.0583. The highest BCUT2D eigenvalue weighted by Crippen LogP contribution is 2.14. The van der Waals surface area contributed by atoms with E-state index < -0.39 is 10.5 Å². The highest BCUT2D eigenvalue weighted by atomic mass is 79.9. The van der Waals surface area contributed by atoms with Gasteiger partial charge in [0.05, 0.1) is 11.5 Å². The molecule has 0 amide bonds. The summed E-state index contributed by atoms with van der Waals surface area (Å²) in [5.74, 6) is -0.282. The SMILES string of the molecule is CC(C)(C)OC(=O)CN(CCBr)Cc1ccc([N+](=O)[O-])cc1. The zero-order chi connectivity index (χ0) is 16.8. The van der Waals surface area contributed by atoms with E-state index in [2.05, 4.69) is 15.9 Å². The topological polar surface area (TPSA) is 72.7 Å². The van der Waals surface area contributed by atoms with E-state index in [0.29, 0.717) is 13.1 Å². The zero-order valence-corrected chi connectivity index (χ0v) is 14.6. The molecule has 0 spiro atoms. The van der Waals surface area contributed by atoms with Gasteiger partial charge in [-0.25, -0.2) is 0 Å². The van der Waals surface area contributed by atoms with Crippen LogP contribution in [0.15, 0.2) is 24.3 Å². The number of non-ortho nitro benzene ring substituents is 1. The van der Waals surface area contributed by atoms with Gasteiger partial charge in [-0.15, -0.1) is 0 Å². The van der Waals surface area contributed by atoms with Crippen LogP contribution < -0.4 is 0 Å². The molecule has 0 saturated carbocycles. The molecule has 0 saturated heterocycles. The van der Waals surface area contributed by atoms with E-state index in [-0.39, 0.29) is 18.2 Å². The van der Waals surface area contributed by atoms with Crippen LogP contribution in [0.4, 0.5) is 5.69 Å². The number of halogens is 1. The van der Waals surface area contributed by atoms with E-state index >= 15 is 0 Å². The first-order chi connectivity index (χ1) is 10.2. The Morgan fingerprint density at radius 2 is 1.91 bits per heavy atom. The number of ether oxygens (including phenoxy) is 1. The Labute approximate surface area is 138 Å². The number of carbonyl (C=O) groups excluding carboxylic acids is 1. The summed E-state index contributed by atoms with van der Waals surface area (Å²) in [5.41, 5.74) is 0.461. The molecule has 1 rings (SSSR count). The Hall–Kier alpha value is -1.47. The van der Waals surface area contributed by atoms with Gasteiger partial charge in [-0.3, -0.25) is 19.8 Å². The Morgan fingerprint density at radius 3 is 2.36 bits per heavy atom. The maximum Gasteiger partial charge on any atom is 0.320 e. The van der Waals surface area contributed by atoms with E-state index in [9.17, 15) is 14.9 Å². The van der Waals surface area contributed by atoms with E-state index in [1.54, 1.807) is 12.1 Å². The molecule has 22 heavy (non-hydrogen) atoms. The molecule has 0 aliphatic rings. The van der Waals surface area contributed by atoms with Gasteiger partial charge < -0.3 is 4.74 Å². The Morgan fingerprint density at radius 1 is 1.32 bits per heavy atom. The molecule has 0 aliphatic heterocycles. The molecular formula is C15H21BrN2O4. The molecule has 7 heteroatoms. The standard InChI is InChI=1S/C15H21BrN2O4/c1-15(2,3)22-14(19)11-17(9-8-16)10-12-4-6-13(7-5-12)18(20)21/h4-7H,8-11H2,1-3H3. The van der Waals surface area contributed by atoms with Crippen LogP contribution in [0.1, 0.15) is 26.3 Å². The number of carbonyl (C=O) groups is 1. The second-order valence-corrected chi connectivity index (χ2v) is 6.70. The van der Waals surface area contributed by atoms with Gasteiger partial charge in [0.15, 0.2) is 0 Å². The van der Waals surface area contributed by atoms with Gasteiger partial charge >= 0.3 is 5.97 Å². The van der Waals surface area contributed by atoms with Gasteiger partial charge in [0.2, 0.25) is 0 Å². The van der Waals surface area contributed by atoms with Crippen LogP contribution >= 0.6 is 15.9 Å². The van der Waals surface area contributed by atoms with Crippen molar-refractivity contribution in [1.29, 1.82) is 0 Å². The van der Waals surface area contributed by atoms with Crippen molar-refractivity contribution in [3.05, 3.63) is 39.9 Å². The first-order valence-corrected chi connectivity index (χ1v) is 8.07. The molecule has 0 unspecified atom stereocenters. The Bertz CT molecular complexity index is 511. The number of hydrogen-bond acceptors (Lipinski definition) is 5. The fraction of sp³-hybridized carbons (Fsp3) is 0.533. The van der Waals surface area contributed by atoms with E-state index in [0.717, 1.165) is 10.9 Å². The van der Waals surface area contributed by atoms with E-state index in [1.165, 1.54) is 12.1 Å². The molecule has 0 fully saturated rings.